The Morgan fingerprint density at radius 1 is 0.919 bits per heavy atom. The first-order valence-electron chi connectivity index (χ1n) is 12.0. The standard InChI is InChI=1S/C27H34N2O8/c1-17(16-29-18(2)35-27(34)22-8-5-6-9-24(22)36-19(3)31)14-21-10-11-25(37-20(4)32)23(15-21)26(33)28-12-7-13-30/h5-6,8-11,15,17-18,29-30H,7,12-14,16H2,1-4H3,(H,28,33). The van der Waals surface area contributed by atoms with Gasteiger partial charge in [0.15, 0.2) is 6.23 Å². The number of aliphatic hydroxyl groups excluding tert-OH is 1. The van der Waals surface area contributed by atoms with Crippen molar-refractivity contribution in [3.8, 4) is 11.5 Å². The van der Waals surface area contributed by atoms with Crippen molar-refractivity contribution < 1.29 is 38.5 Å². The zero-order chi connectivity index (χ0) is 27.4. The maximum Gasteiger partial charge on any atom is 0.343 e. The number of benzene rings is 2. The molecule has 10 nitrogen and oxygen atoms in total. The van der Waals surface area contributed by atoms with E-state index in [0.29, 0.717) is 25.9 Å². The number of rotatable bonds is 13. The van der Waals surface area contributed by atoms with Crippen molar-refractivity contribution in [2.45, 2.75) is 46.8 Å². The van der Waals surface area contributed by atoms with Crippen LogP contribution in [0.4, 0.5) is 0 Å². The van der Waals surface area contributed by atoms with Crippen LogP contribution in [0.5, 0.6) is 11.5 Å². The van der Waals surface area contributed by atoms with Crippen molar-refractivity contribution in [3.05, 3.63) is 59.2 Å². The summed E-state index contributed by atoms with van der Waals surface area (Å²) in [4.78, 5) is 47.9. The monoisotopic (exact) mass is 514 g/mol. The molecule has 0 aromatic heterocycles. The van der Waals surface area contributed by atoms with Crippen molar-refractivity contribution in [1.29, 1.82) is 0 Å². The van der Waals surface area contributed by atoms with Crippen LogP contribution in [0.1, 0.15) is 60.4 Å². The van der Waals surface area contributed by atoms with Gasteiger partial charge in [0.25, 0.3) is 5.91 Å². The first-order chi connectivity index (χ1) is 17.6. The van der Waals surface area contributed by atoms with Crippen molar-refractivity contribution >= 4 is 23.8 Å². The molecule has 0 spiro atoms. The number of hydrogen-bond acceptors (Lipinski definition) is 9. The molecule has 0 aliphatic carbocycles. The molecule has 2 aromatic rings. The first kappa shape index (κ1) is 29.5. The van der Waals surface area contributed by atoms with Crippen LogP contribution in [-0.4, -0.2) is 54.8 Å². The zero-order valence-electron chi connectivity index (χ0n) is 21.5. The predicted octanol–water partition coefficient (Wildman–Crippen LogP) is 2.62. The van der Waals surface area contributed by atoms with Gasteiger partial charge in [0.05, 0.1) is 5.56 Å². The summed E-state index contributed by atoms with van der Waals surface area (Å²) in [5.41, 5.74) is 1.24. The Hall–Kier alpha value is -3.76. The van der Waals surface area contributed by atoms with Crippen molar-refractivity contribution in [3.63, 3.8) is 0 Å². The zero-order valence-corrected chi connectivity index (χ0v) is 21.5. The van der Waals surface area contributed by atoms with Crippen molar-refractivity contribution in [2.24, 2.45) is 5.92 Å². The van der Waals surface area contributed by atoms with E-state index in [-0.39, 0.29) is 35.2 Å². The SMILES string of the molecule is CC(=O)Oc1ccc(CC(C)CNC(C)OC(=O)c2ccccc2OC(C)=O)cc1C(=O)NCCCO. The summed E-state index contributed by atoms with van der Waals surface area (Å²) in [6.07, 6.45) is 0.398. The van der Waals surface area contributed by atoms with Gasteiger partial charge in [-0.2, -0.15) is 0 Å². The lowest BCUT2D eigenvalue weighted by Crippen LogP contribution is -2.34. The van der Waals surface area contributed by atoms with Crippen LogP contribution < -0.4 is 20.1 Å². The summed E-state index contributed by atoms with van der Waals surface area (Å²) in [6.45, 7) is 6.96. The fraction of sp³-hybridized carbons (Fsp3) is 0.407. The number of carbonyl (C=O) groups is 4. The van der Waals surface area contributed by atoms with Gasteiger partial charge < -0.3 is 24.6 Å². The van der Waals surface area contributed by atoms with Gasteiger partial charge in [0, 0.05) is 33.5 Å². The minimum atomic E-state index is -0.623. The lowest BCUT2D eigenvalue weighted by atomic mass is 9.98. The summed E-state index contributed by atoms with van der Waals surface area (Å²) < 4.78 is 15.7. The van der Waals surface area contributed by atoms with Crippen LogP contribution >= 0.6 is 0 Å². The van der Waals surface area contributed by atoms with Gasteiger partial charge in [-0.1, -0.05) is 25.1 Å². The average Bonchev–Trinajstić information content (AvgIpc) is 2.83. The minimum absolute atomic E-state index is 0.0475. The van der Waals surface area contributed by atoms with E-state index < -0.39 is 30.0 Å². The minimum Gasteiger partial charge on any atom is -0.443 e. The second-order valence-corrected chi connectivity index (χ2v) is 8.61. The third-order valence-electron chi connectivity index (χ3n) is 5.15. The highest BCUT2D eigenvalue weighted by molar-refractivity contribution is 5.97. The number of hydrogen-bond donors (Lipinski definition) is 3. The van der Waals surface area contributed by atoms with E-state index in [2.05, 4.69) is 10.6 Å². The number of para-hydroxylation sites is 1. The Bertz CT molecular complexity index is 1100. The van der Waals surface area contributed by atoms with E-state index in [9.17, 15) is 19.2 Å². The fourth-order valence-electron chi connectivity index (χ4n) is 3.49. The largest absolute Gasteiger partial charge is 0.443 e. The fourth-order valence-corrected chi connectivity index (χ4v) is 3.49. The smallest absolute Gasteiger partial charge is 0.343 e. The topological polar surface area (TPSA) is 140 Å². The molecular formula is C27H34N2O8. The van der Waals surface area contributed by atoms with Gasteiger partial charge in [-0.15, -0.1) is 0 Å². The van der Waals surface area contributed by atoms with Gasteiger partial charge in [0.1, 0.15) is 17.1 Å². The maximum atomic E-state index is 12.6. The first-order valence-corrected chi connectivity index (χ1v) is 12.0. The molecule has 37 heavy (non-hydrogen) atoms. The van der Waals surface area contributed by atoms with Gasteiger partial charge in [0.2, 0.25) is 0 Å². The normalized spacial score (nSPS) is 12.2. The molecule has 0 saturated heterocycles. The highest BCUT2D eigenvalue weighted by Gasteiger charge is 2.19. The van der Waals surface area contributed by atoms with E-state index in [0.717, 1.165) is 5.56 Å². The van der Waals surface area contributed by atoms with Crippen LogP contribution in [0.25, 0.3) is 0 Å². The Morgan fingerprint density at radius 2 is 1.57 bits per heavy atom. The molecule has 1 amide bonds. The van der Waals surface area contributed by atoms with Crippen LogP contribution in [0.15, 0.2) is 42.5 Å². The molecule has 0 radical (unpaired) electrons. The van der Waals surface area contributed by atoms with Crippen LogP contribution in [-0.2, 0) is 20.7 Å². The van der Waals surface area contributed by atoms with E-state index in [1.54, 1.807) is 37.3 Å². The highest BCUT2D eigenvalue weighted by Crippen LogP contribution is 2.23. The van der Waals surface area contributed by atoms with E-state index in [1.807, 2.05) is 6.92 Å². The highest BCUT2D eigenvalue weighted by atomic mass is 16.6. The lowest BCUT2D eigenvalue weighted by molar-refractivity contribution is -0.132. The second-order valence-electron chi connectivity index (χ2n) is 8.61. The predicted molar refractivity (Wildman–Crippen MR) is 135 cm³/mol. The third-order valence-corrected chi connectivity index (χ3v) is 5.15. The molecule has 2 aromatic carbocycles. The Labute approximate surface area is 216 Å². The second kappa shape index (κ2) is 14.7. The molecule has 0 saturated carbocycles. The maximum absolute atomic E-state index is 12.6. The molecule has 0 fully saturated rings. The van der Waals surface area contributed by atoms with Gasteiger partial charge in [-0.25, -0.2) is 4.79 Å². The van der Waals surface area contributed by atoms with Crippen LogP contribution in [0.3, 0.4) is 0 Å². The number of ether oxygens (including phenoxy) is 3. The summed E-state index contributed by atoms with van der Waals surface area (Å²) in [5, 5.41) is 14.8. The Balaban J connectivity index is 1.97. The van der Waals surface area contributed by atoms with Gasteiger partial charge in [-0.05, 0) is 55.5 Å². The van der Waals surface area contributed by atoms with Gasteiger partial charge in [-0.3, -0.25) is 19.7 Å². The molecule has 0 aliphatic rings. The quantitative estimate of drug-likeness (QED) is 0.159. The van der Waals surface area contributed by atoms with Gasteiger partial charge >= 0.3 is 17.9 Å². The summed E-state index contributed by atoms with van der Waals surface area (Å²) in [5.74, 6) is -1.69. The summed E-state index contributed by atoms with van der Waals surface area (Å²) in [6, 6.07) is 11.4. The third kappa shape index (κ3) is 10.0. The molecule has 2 unspecified atom stereocenters. The van der Waals surface area contributed by atoms with E-state index in [4.69, 9.17) is 19.3 Å². The molecular weight excluding hydrogens is 480 g/mol. The number of aliphatic hydroxyl groups is 1. The number of esters is 3. The number of carbonyl (C=O) groups excluding carboxylic acids is 4. The number of nitrogens with one attached hydrogen (secondary N) is 2. The Morgan fingerprint density at radius 3 is 2.22 bits per heavy atom. The molecule has 0 aliphatic heterocycles. The summed E-state index contributed by atoms with van der Waals surface area (Å²) in [7, 11) is 0. The molecule has 2 rings (SSSR count). The molecule has 2 atom stereocenters. The van der Waals surface area contributed by atoms with Crippen LogP contribution in [0, 0.1) is 5.92 Å². The van der Waals surface area contributed by atoms with Crippen molar-refractivity contribution in [1.82, 2.24) is 10.6 Å². The van der Waals surface area contributed by atoms with E-state index in [1.165, 1.54) is 26.0 Å². The van der Waals surface area contributed by atoms with Crippen molar-refractivity contribution in [2.75, 3.05) is 19.7 Å². The summed E-state index contributed by atoms with van der Waals surface area (Å²) >= 11 is 0. The Kier molecular flexibility index (Phi) is 11.7. The average molecular weight is 515 g/mol. The molecule has 10 heteroatoms. The molecule has 3 N–H and O–H groups in total. The molecule has 200 valence electrons. The lowest BCUT2D eigenvalue weighted by Gasteiger charge is -2.19. The molecule has 0 bridgehead atoms. The molecule has 0 heterocycles. The van der Waals surface area contributed by atoms with E-state index >= 15 is 0 Å². The number of amides is 1. The van der Waals surface area contributed by atoms with Crippen LogP contribution in [0.2, 0.25) is 0 Å².